The van der Waals surface area contributed by atoms with E-state index in [9.17, 15) is 5.11 Å². The van der Waals surface area contributed by atoms with E-state index in [1.54, 1.807) is 19.9 Å². The molecule has 4 rings (SSSR count). The minimum absolute atomic E-state index is 0.564. The van der Waals surface area contributed by atoms with Crippen LogP contribution in [0.15, 0.2) is 35.5 Å². The number of fused-ring (bicyclic) bond motifs is 2. The van der Waals surface area contributed by atoms with Crippen molar-refractivity contribution in [1.82, 2.24) is 4.98 Å². The molecule has 0 atom stereocenters. The van der Waals surface area contributed by atoms with E-state index in [4.69, 9.17) is 10.9 Å². The third-order valence-corrected chi connectivity index (χ3v) is 6.24. The number of hydrogen-bond acceptors (Lipinski definition) is 6. The molecule has 2 aliphatic carbocycles. The third-order valence-electron chi connectivity index (χ3n) is 5.55. The summed E-state index contributed by atoms with van der Waals surface area (Å²) < 4.78 is 0. The topological polar surface area (TPSA) is 97.2 Å². The van der Waals surface area contributed by atoms with Crippen LogP contribution in [0.5, 0.6) is 0 Å². The van der Waals surface area contributed by atoms with Crippen LogP contribution < -0.4 is 16.2 Å². The number of benzene rings is 1. The van der Waals surface area contributed by atoms with Gasteiger partial charge in [-0.2, -0.15) is 0 Å². The maximum Gasteiger partial charge on any atom is 0.101 e. The lowest BCUT2D eigenvalue weighted by atomic mass is 9.99. The van der Waals surface area contributed by atoms with Crippen molar-refractivity contribution in [2.75, 3.05) is 5.32 Å². The Morgan fingerprint density at radius 1 is 1.14 bits per heavy atom. The van der Waals surface area contributed by atoms with Crippen LogP contribution in [-0.2, 0) is 31.3 Å². The van der Waals surface area contributed by atoms with Crippen LogP contribution in [0.2, 0.25) is 0 Å². The Morgan fingerprint density at radius 2 is 1.72 bits per heavy atom. The summed E-state index contributed by atoms with van der Waals surface area (Å²) in [5.74, 6) is 0.564. The van der Waals surface area contributed by atoms with E-state index in [-0.39, 0.29) is 0 Å². The second-order valence-electron chi connectivity index (χ2n) is 8.34. The molecule has 156 valence electrons. The second kappa shape index (κ2) is 8.78. The van der Waals surface area contributed by atoms with Gasteiger partial charge in [0.05, 0.1) is 17.2 Å². The van der Waals surface area contributed by atoms with Crippen molar-refractivity contribution in [3.05, 3.63) is 64.2 Å². The number of nitrogens with one attached hydrogen (secondary N) is 1. The molecule has 6 N–H and O–H groups in total. The smallest absolute Gasteiger partial charge is 0.101 e. The van der Waals surface area contributed by atoms with Gasteiger partial charge in [-0.3, -0.25) is 10.1 Å². The maximum atomic E-state index is 9.68. The summed E-state index contributed by atoms with van der Waals surface area (Å²) in [5.41, 5.74) is 13.7. The number of nitrogens with two attached hydrogens (primary N) is 2. The normalized spacial score (nSPS) is 14.7. The van der Waals surface area contributed by atoms with Gasteiger partial charge in [0, 0.05) is 10.6 Å². The number of aliphatic hydroxyl groups is 1. The van der Waals surface area contributed by atoms with Gasteiger partial charge in [0.15, 0.2) is 0 Å². The summed E-state index contributed by atoms with van der Waals surface area (Å²) in [6, 6.07) is 6.09. The Morgan fingerprint density at radius 3 is 2.17 bits per heavy atom. The molecule has 0 bridgehead atoms. The van der Waals surface area contributed by atoms with Gasteiger partial charge in [0.1, 0.15) is 5.60 Å². The number of pyridine rings is 1. The SMILES string of the molecule is C=C(N)Nc1c2c(cc3c1CCC3)CCC2.Cc1nc(C(C)(C)O)ccc1SN. The zero-order chi connectivity index (χ0) is 21.2. The lowest BCUT2D eigenvalue weighted by molar-refractivity contribution is 0.0736. The Labute approximate surface area is 178 Å². The van der Waals surface area contributed by atoms with Crippen LogP contribution in [0.4, 0.5) is 5.69 Å². The summed E-state index contributed by atoms with van der Waals surface area (Å²) in [4.78, 5) is 5.20. The van der Waals surface area contributed by atoms with Crippen LogP contribution in [0, 0.1) is 6.92 Å². The van der Waals surface area contributed by atoms with Gasteiger partial charge in [0.25, 0.3) is 0 Å². The molecule has 0 amide bonds. The highest BCUT2D eigenvalue weighted by atomic mass is 32.2. The molecule has 0 saturated heterocycles. The number of anilines is 1. The second-order valence-corrected chi connectivity index (χ2v) is 9.02. The maximum absolute atomic E-state index is 9.68. The zero-order valence-corrected chi connectivity index (χ0v) is 18.5. The minimum atomic E-state index is -0.886. The fraction of sp³-hybridized carbons (Fsp3) is 0.435. The highest BCUT2D eigenvalue weighted by molar-refractivity contribution is 7.97. The highest BCUT2D eigenvalue weighted by Crippen LogP contribution is 2.38. The van der Waals surface area contributed by atoms with Gasteiger partial charge in [-0.05, 0) is 106 Å². The van der Waals surface area contributed by atoms with Gasteiger partial charge in [-0.25, -0.2) is 0 Å². The van der Waals surface area contributed by atoms with E-state index in [0.29, 0.717) is 11.5 Å². The Balaban J connectivity index is 0.000000170. The molecule has 1 aromatic heterocycles. The number of rotatable bonds is 4. The van der Waals surface area contributed by atoms with Crippen LogP contribution in [0.3, 0.4) is 0 Å². The summed E-state index contributed by atoms with van der Waals surface area (Å²) in [6.07, 6.45) is 7.41. The van der Waals surface area contributed by atoms with Crippen molar-refractivity contribution in [2.45, 2.75) is 69.8 Å². The summed E-state index contributed by atoms with van der Waals surface area (Å²) in [6.45, 7) is 9.07. The van der Waals surface area contributed by atoms with Gasteiger partial charge >= 0.3 is 0 Å². The van der Waals surface area contributed by atoms with Crippen LogP contribution in [0.1, 0.15) is 60.3 Å². The van der Waals surface area contributed by atoms with E-state index < -0.39 is 5.60 Å². The summed E-state index contributed by atoms with van der Waals surface area (Å²) >= 11 is 1.17. The van der Waals surface area contributed by atoms with E-state index in [1.807, 2.05) is 13.0 Å². The number of nitrogens with zero attached hydrogens (tertiary/aromatic N) is 1. The molecule has 29 heavy (non-hydrogen) atoms. The first-order valence-corrected chi connectivity index (χ1v) is 11.0. The number of aromatic nitrogens is 1. The molecule has 5 nitrogen and oxygen atoms in total. The zero-order valence-electron chi connectivity index (χ0n) is 17.6. The van der Waals surface area contributed by atoms with Crippen molar-refractivity contribution in [3.63, 3.8) is 0 Å². The molecule has 6 heteroatoms. The number of aryl methyl sites for hydroxylation is 3. The van der Waals surface area contributed by atoms with Crippen molar-refractivity contribution in [1.29, 1.82) is 0 Å². The summed E-state index contributed by atoms with van der Waals surface area (Å²) in [7, 11) is 0. The Kier molecular flexibility index (Phi) is 6.56. The molecule has 1 heterocycles. The van der Waals surface area contributed by atoms with Crippen LogP contribution in [0.25, 0.3) is 0 Å². The van der Waals surface area contributed by atoms with Gasteiger partial charge in [-0.15, -0.1) is 0 Å². The average molecular weight is 413 g/mol. The monoisotopic (exact) mass is 412 g/mol. The van der Waals surface area contributed by atoms with Crippen LogP contribution in [-0.4, -0.2) is 10.1 Å². The molecule has 0 unspecified atom stereocenters. The first kappa shape index (κ1) is 21.7. The standard InChI is InChI=1S/C14H18N2.C9H14N2OS/c1-9(15)16-14-12-6-2-4-10(12)8-11-5-3-7-13(11)14;1-6-7(13-10)4-5-8(11-6)9(2,3)12/h8,16H,1-7,15H2;4-5,12H,10H2,1-3H3. The molecule has 0 fully saturated rings. The fourth-order valence-electron chi connectivity index (χ4n) is 4.14. The largest absolute Gasteiger partial charge is 0.386 e. The van der Waals surface area contributed by atoms with E-state index in [0.717, 1.165) is 10.6 Å². The van der Waals surface area contributed by atoms with Gasteiger partial charge < -0.3 is 16.2 Å². The van der Waals surface area contributed by atoms with E-state index >= 15 is 0 Å². The fourth-order valence-corrected chi connectivity index (χ4v) is 4.50. The van der Waals surface area contributed by atoms with Gasteiger partial charge in [-0.1, -0.05) is 12.6 Å². The highest BCUT2D eigenvalue weighted by Gasteiger charge is 2.23. The first-order chi connectivity index (χ1) is 13.7. The number of hydrogen-bond donors (Lipinski definition) is 4. The molecule has 0 radical (unpaired) electrons. The lowest BCUT2D eigenvalue weighted by Gasteiger charge is -2.17. The molecule has 0 aliphatic heterocycles. The Hall–Kier alpha value is -2.02. The molecular formula is C23H32N4OS. The predicted octanol–water partition coefficient (Wildman–Crippen LogP) is 4.09. The van der Waals surface area contributed by atoms with E-state index in [2.05, 4.69) is 22.9 Å². The molecule has 1 aromatic carbocycles. The summed E-state index contributed by atoms with van der Waals surface area (Å²) in [5, 5.41) is 18.4. The van der Waals surface area contributed by atoms with Crippen LogP contribution >= 0.6 is 11.9 Å². The third kappa shape index (κ3) is 4.94. The average Bonchev–Trinajstić information content (AvgIpc) is 3.30. The lowest BCUT2D eigenvalue weighted by Crippen LogP contribution is -2.17. The van der Waals surface area contributed by atoms with Gasteiger partial charge in [0.2, 0.25) is 0 Å². The van der Waals surface area contributed by atoms with Crippen molar-refractivity contribution in [3.8, 4) is 0 Å². The van der Waals surface area contributed by atoms with Crippen molar-refractivity contribution < 1.29 is 5.11 Å². The molecule has 0 spiro atoms. The predicted molar refractivity (Wildman–Crippen MR) is 122 cm³/mol. The molecular weight excluding hydrogens is 380 g/mol. The minimum Gasteiger partial charge on any atom is -0.386 e. The van der Waals surface area contributed by atoms with E-state index in [1.165, 1.54) is 78.4 Å². The quantitative estimate of drug-likeness (QED) is 0.565. The van der Waals surface area contributed by atoms with Crippen molar-refractivity contribution >= 4 is 17.6 Å². The first-order valence-electron chi connectivity index (χ1n) is 10.2. The molecule has 2 aliphatic rings. The van der Waals surface area contributed by atoms with Crippen molar-refractivity contribution in [2.24, 2.45) is 10.9 Å². The Bertz CT molecular complexity index is 886. The molecule has 0 saturated carbocycles. The molecule has 2 aromatic rings.